The molecule has 2 N–H and O–H groups in total. The van der Waals surface area contributed by atoms with E-state index in [1.807, 2.05) is 0 Å². The standard InChI is InChI=1S/C23H25F3N2O2/c1-15(2)20(29)27-18-9-6-10-19(14-18)28-21(30)22(11-3-4-12-22)16-7-5-8-17(13-16)23(24,25)26/h5-10,13-15H,3-4,11-12H2,1-2H3,(H,27,29)(H,28,30). The predicted octanol–water partition coefficient (Wildman–Crippen LogP) is 5.75. The molecule has 0 atom stereocenters. The van der Waals surface area contributed by atoms with Gasteiger partial charge in [-0.1, -0.05) is 51.0 Å². The number of hydrogen-bond acceptors (Lipinski definition) is 2. The van der Waals surface area contributed by atoms with Crippen LogP contribution < -0.4 is 10.6 Å². The molecule has 160 valence electrons. The summed E-state index contributed by atoms with van der Waals surface area (Å²) in [6.07, 6.45) is -1.94. The van der Waals surface area contributed by atoms with E-state index in [2.05, 4.69) is 10.6 Å². The zero-order valence-electron chi connectivity index (χ0n) is 17.0. The number of amides is 2. The first-order chi connectivity index (χ1) is 14.1. The van der Waals surface area contributed by atoms with Gasteiger partial charge in [0.25, 0.3) is 0 Å². The monoisotopic (exact) mass is 418 g/mol. The van der Waals surface area contributed by atoms with Crippen molar-refractivity contribution in [3.63, 3.8) is 0 Å². The van der Waals surface area contributed by atoms with Gasteiger partial charge in [0.2, 0.25) is 11.8 Å². The van der Waals surface area contributed by atoms with E-state index in [1.165, 1.54) is 6.07 Å². The molecule has 1 aliphatic carbocycles. The molecule has 2 amide bonds. The highest BCUT2D eigenvalue weighted by Gasteiger charge is 2.44. The van der Waals surface area contributed by atoms with E-state index in [9.17, 15) is 22.8 Å². The number of carbonyl (C=O) groups excluding carboxylic acids is 2. The number of benzene rings is 2. The lowest BCUT2D eigenvalue weighted by atomic mass is 9.77. The van der Waals surface area contributed by atoms with Crippen LogP contribution in [0.1, 0.15) is 50.7 Å². The molecule has 4 nitrogen and oxygen atoms in total. The van der Waals surface area contributed by atoms with Gasteiger partial charge in [-0.2, -0.15) is 13.2 Å². The van der Waals surface area contributed by atoms with Gasteiger partial charge in [0.05, 0.1) is 11.0 Å². The number of anilines is 2. The zero-order chi connectivity index (χ0) is 21.9. The summed E-state index contributed by atoms with van der Waals surface area (Å²) in [7, 11) is 0. The van der Waals surface area contributed by atoms with E-state index in [0.29, 0.717) is 29.8 Å². The topological polar surface area (TPSA) is 58.2 Å². The van der Waals surface area contributed by atoms with Crippen molar-refractivity contribution in [3.8, 4) is 0 Å². The summed E-state index contributed by atoms with van der Waals surface area (Å²) in [6.45, 7) is 3.56. The molecule has 3 rings (SSSR count). The Morgan fingerprint density at radius 1 is 0.933 bits per heavy atom. The Hall–Kier alpha value is -2.83. The van der Waals surface area contributed by atoms with Gasteiger partial charge in [0.1, 0.15) is 0 Å². The quantitative estimate of drug-likeness (QED) is 0.650. The Kier molecular flexibility index (Phi) is 6.19. The van der Waals surface area contributed by atoms with Crippen molar-refractivity contribution in [2.75, 3.05) is 10.6 Å². The number of alkyl halides is 3. The molecule has 0 spiro atoms. The van der Waals surface area contributed by atoms with Gasteiger partial charge in [0, 0.05) is 17.3 Å². The average molecular weight is 418 g/mol. The summed E-state index contributed by atoms with van der Waals surface area (Å²) in [5.74, 6) is -0.660. The van der Waals surface area contributed by atoms with E-state index < -0.39 is 17.2 Å². The second kappa shape index (κ2) is 8.50. The number of halogens is 3. The smallest absolute Gasteiger partial charge is 0.326 e. The van der Waals surface area contributed by atoms with Gasteiger partial charge in [-0.25, -0.2) is 0 Å². The molecule has 1 fully saturated rings. The molecule has 0 bridgehead atoms. The van der Waals surface area contributed by atoms with Gasteiger partial charge in [-0.3, -0.25) is 9.59 Å². The Bertz CT molecular complexity index is 932. The number of nitrogens with one attached hydrogen (secondary N) is 2. The van der Waals surface area contributed by atoms with Crippen LogP contribution in [0, 0.1) is 5.92 Å². The lowest BCUT2D eigenvalue weighted by Gasteiger charge is -2.29. The molecule has 0 heterocycles. The van der Waals surface area contributed by atoms with E-state index >= 15 is 0 Å². The second-order valence-corrected chi connectivity index (χ2v) is 8.05. The number of hydrogen-bond donors (Lipinski definition) is 2. The van der Waals surface area contributed by atoms with Crippen molar-refractivity contribution in [3.05, 3.63) is 59.7 Å². The fraction of sp³-hybridized carbons (Fsp3) is 0.391. The fourth-order valence-electron chi connectivity index (χ4n) is 3.83. The first-order valence-corrected chi connectivity index (χ1v) is 10.0. The van der Waals surface area contributed by atoms with E-state index in [4.69, 9.17) is 0 Å². The van der Waals surface area contributed by atoms with Crippen LogP contribution in [0.3, 0.4) is 0 Å². The summed E-state index contributed by atoms with van der Waals surface area (Å²) >= 11 is 0. The number of carbonyl (C=O) groups is 2. The van der Waals surface area contributed by atoms with E-state index in [0.717, 1.165) is 25.0 Å². The molecule has 2 aromatic rings. The van der Waals surface area contributed by atoms with Crippen LogP contribution in [0.5, 0.6) is 0 Å². The fourth-order valence-corrected chi connectivity index (χ4v) is 3.83. The SMILES string of the molecule is CC(C)C(=O)Nc1cccc(NC(=O)C2(c3cccc(C(F)(F)F)c3)CCCC2)c1. The van der Waals surface area contributed by atoms with Crippen molar-refractivity contribution in [2.45, 2.75) is 51.1 Å². The molecule has 0 unspecified atom stereocenters. The molecule has 0 aliphatic heterocycles. The Labute approximate surface area is 173 Å². The Morgan fingerprint density at radius 2 is 1.53 bits per heavy atom. The minimum Gasteiger partial charge on any atom is -0.326 e. The maximum absolute atomic E-state index is 13.3. The molecule has 1 aliphatic rings. The summed E-state index contributed by atoms with van der Waals surface area (Å²) in [5.41, 5.74) is -0.335. The molecule has 0 aromatic heterocycles. The van der Waals surface area contributed by atoms with Crippen LogP contribution in [0.4, 0.5) is 24.5 Å². The molecule has 0 saturated heterocycles. The summed E-state index contributed by atoms with van der Waals surface area (Å²) in [4.78, 5) is 25.2. The third-order valence-electron chi connectivity index (χ3n) is 5.55. The van der Waals surface area contributed by atoms with Gasteiger partial charge in [0.15, 0.2) is 0 Å². The summed E-state index contributed by atoms with van der Waals surface area (Å²) < 4.78 is 39.6. The van der Waals surface area contributed by atoms with Crippen LogP contribution >= 0.6 is 0 Å². The molecule has 0 radical (unpaired) electrons. The highest BCUT2D eigenvalue weighted by Crippen LogP contribution is 2.43. The van der Waals surface area contributed by atoms with E-state index in [1.54, 1.807) is 44.2 Å². The van der Waals surface area contributed by atoms with Crippen molar-refractivity contribution in [2.24, 2.45) is 5.92 Å². The van der Waals surface area contributed by atoms with Gasteiger partial charge < -0.3 is 10.6 Å². The predicted molar refractivity (Wildman–Crippen MR) is 110 cm³/mol. The van der Waals surface area contributed by atoms with Crippen molar-refractivity contribution >= 4 is 23.2 Å². The lowest BCUT2D eigenvalue weighted by molar-refractivity contribution is -0.137. The van der Waals surface area contributed by atoms with Gasteiger partial charge in [-0.05, 0) is 42.7 Å². The van der Waals surface area contributed by atoms with Gasteiger partial charge >= 0.3 is 6.18 Å². The zero-order valence-corrected chi connectivity index (χ0v) is 17.0. The first kappa shape index (κ1) is 21.9. The van der Waals surface area contributed by atoms with Crippen molar-refractivity contribution in [1.82, 2.24) is 0 Å². The summed E-state index contributed by atoms with van der Waals surface area (Å²) in [5, 5.41) is 5.63. The highest BCUT2D eigenvalue weighted by atomic mass is 19.4. The van der Waals surface area contributed by atoms with Crippen molar-refractivity contribution in [1.29, 1.82) is 0 Å². The second-order valence-electron chi connectivity index (χ2n) is 8.05. The van der Waals surface area contributed by atoms with Gasteiger partial charge in [-0.15, -0.1) is 0 Å². The molecular weight excluding hydrogens is 393 g/mol. The maximum Gasteiger partial charge on any atom is 0.416 e. The highest BCUT2D eigenvalue weighted by molar-refractivity contribution is 6.00. The lowest BCUT2D eigenvalue weighted by Crippen LogP contribution is -2.38. The van der Waals surface area contributed by atoms with Crippen LogP contribution in [0.2, 0.25) is 0 Å². The van der Waals surface area contributed by atoms with Crippen LogP contribution in [0.25, 0.3) is 0 Å². The third kappa shape index (κ3) is 4.66. The normalized spacial score (nSPS) is 15.8. The minimum absolute atomic E-state index is 0.144. The minimum atomic E-state index is -4.46. The molecule has 2 aromatic carbocycles. The first-order valence-electron chi connectivity index (χ1n) is 10.0. The molecule has 30 heavy (non-hydrogen) atoms. The Balaban J connectivity index is 1.86. The van der Waals surface area contributed by atoms with Crippen LogP contribution in [-0.2, 0) is 21.2 Å². The average Bonchev–Trinajstić information content (AvgIpc) is 3.19. The van der Waals surface area contributed by atoms with Crippen LogP contribution in [-0.4, -0.2) is 11.8 Å². The largest absolute Gasteiger partial charge is 0.416 e. The third-order valence-corrected chi connectivity index (χ3v) is 5.55. The number of rotatable bonds is 5. The van der Waals surface area contributed by atoms with E-state index in [-0.39, 0.29) is 17.7 Å². The molecule has 1 saturated carbocycles. The maximum atomic E-state index is 13.3. The Morgan fingerprint density at radius 3 is 2.13 bits per heavy atom. The van der Waals surface area contributed by atoms with Crippen molar-refractivity contribution < 1.29 is 22.8 Å². The van der Waals surface area contributed by atoms with Crippen LogP contribution in [0.15, 0.2) is 48.5 Å². The molecular formula is C23H25F3N2O2. The summed E-state index contributed by atoms with van der Waals surface area (Å²) in [6, 6.07) is 11.8. The molecule has 7 heteroatoms.